The van der Waals surface area contributed by atoms with Crippen LogP contribution in [0.15, 0.2) is 182 Å². The van der Waals surface area contributed by atoms with E-state index in [2.05, 4.69) is 257 Å². The van der Waals surface area contributed by atoms with Gasteiger partial charge in [-0.1, -0.05) is 159 Å². The Labute approximate surface area is 442 Å². The number of pyridine rings is 1. The van der Waals surface area contributed by atoms with Crippen LogP contribution >= 0.6 is 0 Å². The molecule has 0 N–H and O–H groups in total. The normalized spacial score (nSPS) is 12.3. The summed E-state index contributed by atoms with van der Waals surface area (Å²) in [7, 11) is 0. The van der Waals surface area contributed by atoms with Gasteiger partial charge in [-0.05, 0) is 110 Å². The Morgan fingerprint density at radius 2 is 1.10 bits per heavy atom. The Kier molecular flexibility index (Phi) is 11.7. The topological polar surface area (TPSA) is 40.8 Å². The van der Waals surface area contributed by atoms with E-state index in [9.17, 15) is 0 Å². The van der Waals surface area contributed by atoms with Crippen molar-refractivity contribution < 1.29 is 30.4 Å². The average molecular weight is 1130 g/mol. The van der Waals surface area contributed by atoms with E-state index in [1.54, 1.807) is 0 Å². The van der Waals surface area contributed by atoms with Crippen molar-refractivity contribution in [2.45, 2.75) is 78.6 Å². The number of rotatable bonds is 7. The van der Waals surface area contributed by atoms with E-state index >= 15 is 0 Å². The molecule has 7 heteroatoms. The van der Waals surface area contributed by atoms with Crippen LogP contribution < -0.4 is 9.30 Å². The number of hydrogen-bond acceptors (Lipinski definition) is 2. The summed E-state index contributed by atoms with van der Waals surface area (Å²) in [5, 5.41) is 4.62. The molecule has 0 radical (unpaired) electrons. The van der Waals surface area contributed by atoms with Crippen LogP contribution in [0.3, 0.4) is 0 Å². The van der Waals surface area contributed by atoms with Gasteiger partial charge in [0.1, 0.15) is 5.82 Å². The third-order valence-electron chi connectivity index (χ3n) is 14.2. The molecule has 0 amide bonds. The van der Waals surface area contributed by atoms with Crippen LogP contribution in [0, 0.1) is 18.5 Å². The molecule has 0 spiro atoms. The first kappa shape index (κ1) is 47.8. The molecule has 73 heavy (non-hydrogen) atoms. The molecule has 12 rings (SSSR count). The Hall–Kier alpha value is -7.53. The molecule has 0 aliphatic rings. The Morgan fingerprint density at radius 1 is 0.479 bits per heavy atom. The van der Waals surface area contributed by atoms with E-state index in [4.69, 9.17) is 9.72 Å². The number of para-hydroxylation sites is 3. The minimum absolute atomic E-state index is 0. The molecule has 0 unspecified atom stereocenters. The Balaban J connectivity index is 0.00000574. The summed E-state index contributed by atoms with van der Waals surface area (Å²) in [5.74, 6) is 1.97. The zero-order chi connectivity index (χ0) is 49.7. The second-order valence-electron chi connectivity index (χ2n) is 22.2. The quantitative estimate of drug-likeness (QED) is 0.118. The number of nitrogens with zero attached hydrogens (tertiary/aromatic N) is 5. The number of ether oxygens (including phenoxy) is 1. The van der Waals surface area contributed by atoms with Crippen LogP contribution in [0.5, 0.6) is 11.5 Å². The van der Waals surface area contributed by atoms with Crippen LogP contribution in [0.4, 0.5) is 0 Å². The van der Waals surface area contributed by atoms with Gasteiger partial charge in [0.05, 0.1) is 27.8 Å². The van der Waals surface area contributed by atoms with E-state index in [0.717, 1.165) is 66.8 Å². The van der Waals surface area contributed by atoms with Crippen molar-refractivity contribution in [1.29, 1.82) is 0 Å². The third-order valence-corrected chi connectivity index (χ3v) is 14.2. The third kappa shape index (κ3) is 8.46. The molecule has 0 atom stereocenters. The molecule has 12 aromatic rings. The summed E-state index contributed by atoms with van der Waals surface area (Å²) >= 11 is 0. The first-order chi connectivity index (χ1) is 34.6. The van der Waals surface area contributed by atoms with Gasteiger partial charge >= 0.3 is 0 Å². The van der Waals surface area contributed by atoms with E-state index in [0.29, 0.717) is 11.5 Å². The van der Waals surface area contributed by atoms with Crippen LogP contribution in [-0.2, 0) is 37.3 Å². The number of imidazole rings is 1. The largest absolute Gasteiger partial charge is 0.510 e. The fourth-order valence-electron chi connectivity index (χ4n) is 10.3. The summed E-state index contributed by atoms with van der Waals surface area (Å²) < 4.78 is 15.8. The van der Waals surface area contributed by atoms with Crippen molar-refractivity contribution in [2.75, 3.05) is 0 Å². The zero-order valence-electron chi connectivity index (χ0n) is 42.8. The van der Waals surface area contributed by atoms with Crippen molar-refractivity contribution >= 4 is 54.6 Å². The van der Waals surface area contributed by atoms with Crippen molar-refractivity contribution in [3.63, 3.8) is 0 Å². The van der Waals surface area contributed by atoms with Crippen molar-refractivity contribution in [1.82, 2.24) is 18.7 Å². The molecule has 0 aliphatic carbocycles. The molecule has 0 aliphatic heterocycles. The SMILES string of the molecule is CC(C)(C)c1cc(-[n+]2[c-]n(-c3[c-]c(Oc4[c-]c5c(cc4)c4cc(-n6c7ccccc7c7ccccc76)ccc4n5-c4cc(C(C)(C)C)ccn4)ccc3)c3cccc(-c4ccccc4)c32)cc(C(C)(C)C)c1.[Pt]. The number of fused-ring (bicyclic) bond motifs is 7. The minimum Gasteiger partial charge on any atom is -0.510 e. The van der Waals surface area contributed by atoms with Gasteiger partial charge in [-0.25, -0.2) is 4.98 Å². The zero-order valence-corrected chi connectivity index (χ0v) is 45.1. The molecule has 0 bridgehead atoms. The maximum absolute atomic E-state index is 6.81. The average Bonchev–Trinajstić information content (AvgIpc) is 4.04. The predicted molar refractivity (Wildman–Crippen MR) is 296 cm³/mol. The number of hydrogen-bond donors (Lipinski definition) is 0. The maximum atomic E-state index is 6.81. The molecular formula is C66H57N5OPt-2. The molecule has 364 valence electrons. The monoisotopic (exact) mass is 1130 g/mol. The Bertz CT molecular complexity index is 3990. The maximum Gasteiger partial charge on any atom is 0.268 e. The van der Waals surface area contributed by atoms with Crippen molar-refractivity contribution in [3.05, 3.63) is 217 Å². The Morgan fingerprint density at radius 3 is 1.78 bits per heavy atom. The van der Waals surface area contributed by atoms with E-state index in [1.807, 2.05) is 24.4 Å². The number of benzene rings is 8. The van der Waals surface area contributed by atoms with Gasteiger partial charge in [0, 0.05) is 60.7 Å². The molecular weight excluding hydrogens is 1070 g/mol. The summed E-state index contributed by atoms with van der Waals surface area (Å²) in [6.45, 7) is 20.4. The second-order valence-corrected chi connectivity index (χ2v) is 22.2. The number of aromatic nitrogens is 5. The summed E-state index contributed by atoms with van der Waals surface area (Å²) in [6.07, 6.45) is 5.74. The fourth-order valence-corrected chi connectivity index (χ4v) is 10.3. The van der Waals surface area contributed by atoms with Crippen molar-refractivity contribution in [3.8, 4) is 45.5 Å². The molecule has 8 aromatic carbocycles. The fraction of sp³-hybridized carbons (Fsp3) is 0.182. The molecule has 0 saturated heterocycles. The van der Waals surface area contributed by atoms with Crippen LogP contribution in [0.1, 0.15) is 79.0 Å². The van der Waals surface area contributed by atoms with Crippen LogP contribution in [-0.4, -0.2) is 18.7 Å². The first-order valence-electron chi connectivity index (χ1n) is 25.0. The predicted octanol–water partition coefficient (Wildman–Crippen LogP) is 16.2. The van der Waals surface area contributed by atoms with Gasteiger partial charge in [-0.15, -0.1) is 29.7 Å². The summed E-state index contributed by atoms with van der Waals surface area (Å²) in [4.78, 5) is 5.00. The molecule has 4 heterocycles. The minimum atomic E-state index is -0.0737. The molecule has 4 aromatic heterocycles. The van der Waals surface area contributed by atoms with Gasteiger partial charge in [0.2, 0.25) is 0 Å². The molecule has 0 saturated carbocycles. The van der Waals surface area contributed by atoms with Gasteiger partial charge in [-0.2, -0.15) is 18.2 Å². The van der Waals surface area contributed by atoms with Gasteiger partial charge in [0.15, 0.2) is 0 Å². The van der Waals surface area contributed by atoms with E-state index in [-0.39, 0.29) is 37.3 Å². The molecule has 0 fully saturated rings. The van der Waals surface area contributed by atoms with Gasteiger partial charge in [-0.3, -0.25) is 4.57 Å². The van der Waals surface area contributed by atoms with Crippen LogP contribution in [0.25, 0.3) is 88.7 Å². The molecule has 6 nitrogen and oxygen atoms in total. The van der Waals surface area contributed by atoms with E-state index in [1.165, 1.54) is 38.5 Å². The van der Waals surface area contributed by atoms with Crippen LogP contribution in [0.2, 0.25) is 0 Å². The summed E-state index contributed by atoms with van der Waals surface area (Å²) in [6, 6.07) is 70.1. The van der Waals surface area contributed by atoms with Gasteiger partial charge < -0.3 is 18.4 Å². The first-order valence-corrected chi connectivity index (χ1v) is 25.0. The van der Waals surface area contributed by atoms with Crippen molar-refractivity contribution in [2.24, 2.45) is 0 Å². The standard InChI is InChI=1S/C66H57N5O.Pt/c1-64(2,3)44-33-34-67-62(38-44)71-59-32-29-48(70-57-26-15-13-23-53(57)54-24-14-16-27-58(54)70)40-56(59)55-31-30-51(41-61(55)71)72-50-22-17-21-47(39-50)68-42-69(49-36-45(65(4,5)6)35-46(37-49)66(7,8)9)63-52(25-18-28-60(63)68)43-19-11-10-12-20-43;/h10-38,40H,1-9H3;/q-2;. The van der Waals surface area contributed by atoms with Gasteiger partial charge in [0.25, 0.3) is 6.33 Å². The summed E-state index contributed by atoms with van der Waals surface area (Å²) in [5.41, 5.74) is 15.1. The second kappa shape index (κ2) is 17.9. The smallest absolute Gasteiger partial charge is 0.268 e. The van der Waals surface area contributed by atoms with E-state index < -0.39 is 0 Å².